The number of para-hydroxylation sites is 1. The first-order valence-electron chi connectivity index (χ1n) is 8.06. The molecular formula is C17H19NO5. The number of amides is 1. The number of carboxylic acids is 1. The van der Waals surface area contributed by atoms with Gasteiger partial charge in [-0.3, -0.25) is 9.59 Å². The summed E-state index contributed by atoms with van der Waals surface area (Å²) in [5, 5.41) is 9.44. The van der Waals surface area contributed by atoms with E-state index in [1.807, 2.05) is 0 Å². The maximum absolute atomic E-state index is 12.9. The van der Waals surface area contributed by atoms with Crippen molar-refractivity contribution in [3.05, 3.63) is 23.8 Å². The number of carboxylic acid groups (broad SMARTS) is 1. The first-order valence-corrected chi connectivity index (χ1v) is 8.06. The standard InChI is InChI=1S/C17H19NO5/c19-16(11-2-1-3-14-15(11)23-7-6-22-14)18-8-12(10-4-5-10)13(9-18)17(20)21/h1-3,10,12-13H,4-9H2,(H,20,21)/t12-,13+/m1/s1. The number of carbonyl (C=O) groups excluding carboxylic acids is 1. The Morgan fingerprint density at radius 2 is 1.91 bits per heavy atom. The van der Waals surface area contributed by atoms with Crippen LogP contribution >= 0.6 is 0 Å². The van der Waals surface area contributed by atoms with Gasteiger partial charge >= 0.3 is 5.97 Å². The van der Waals surface area contributed by atoms with Gasteiger partial charge in [-0.2, -0.15) is 0 Å². The van der Waals surface area contributed by atoms with Crippen LogP contribution in [0, 0.1) is 17.8 Å². The van der Waals surface area contributed by atoms with Gasteiger partial charge in [0.25, 0.3) is 5.91 Å². The van der Waals surface area contributed by atoms with E-state index in [9.17, 15) is 14.7 Å². The summed E-state index contributed by atoms with van der Waals surface area (Å²) in [5.74, 6) is 0.170. The second-order valence-corrected chi connectivity index (χ2v) is 6.49. The molecule has 1 aliphatic carbocycles. The van der Waals surface area contributed by atoms with Gasteiger partial charge in [0, 0.05) is 13.1 Å². The van der Waals surface area contributed by atoms with E-state index < -0.39 is 11.9 Å². The van der Waals surface area contributed by atoms with E-state index in [1.54, 1.807) is 23.1 Å². The molecular weight excluding hydrogens is 298 g/mol. The molecule has 1 amide bonds. The number of fused-ring (bicyclic) bond motifs is 1. The molecule has 6 nitrogen and oxygen atoms in total. The highest BCUT2D eigenvalue weighted by Crippen LogP contribution is 2.45. The minimum absolute atomic E-state index is 0.0770. The Balaban J connectivity index is 1.59. The lowest BCUT2D eigenvalue weighted by atomic mass is 9.92. The molecule has 6 heteroatoms. The van der Waals surface area contributed by atoms with Crippen LogP contribution in [0.15, 0.2) is 18.2 Å². The average Bonchev–Trinajstić information content (AvgIpc) is 3.31. The molecule has 0 unspecified atom stereocenters. The molecule has 4 rings (SSSR count). The van der Waals surface area contributed by atoms with Crippen molar-refractivity contribution in [1.82, 2.24) is 4.90 Å². The average molecular weight is 317 g/mol. The van der Waals surface area contributed by atoms with Crippen LogP contribution in [-0.4, -0.2) is 48.2 Å². The van der Waals surface area contributed by atoms with Crippen molar-refractivity contribution in [1.29, 1.82) is 0 Å². The highest BCUT2D eigenvalue weighted by molar-refractivity contribution is 5.98. The van der Waals surface area contributed by atoms with Crippen molar-refractivity contribution in [3.8, 4) is 11.5 Å². The molecule has 122 valence electrons. The fraction of sp³-hybridized carbons (Fsp3) is 0.529. The SMILES string of the molecule is O=C(O)[C@H]1CN(C(=O)c2cccc3c2OCCO3)C[C@@H]1C1CC1. The second-order valence-electron chi connectivity index (χ2n) is 6.49. The highest BCUT2D eigenvalue weighted by Gasteiger charge is 2.47. The maximum atomic E-state index is 12.9. The van der Waals surface area contributed by atoms with E-state index in [1.165, 1.54) is 0 Å². The Bertz CT molecular complexity index is 654. The molecule has 2 aliphatic heterocycles. The zero-order chi connectivity index (χ0) is 16.0. The summed E-state index contributed by atoms with van der Waals surface area (Å²) in [6.45, 7) is 1.68. The smallest absolute Gasteiger partial charge is 0.308 e. The Hall–Kier alpha value is -2.24. The van der Waals surface area contributed by atoms with Gasteiger partial charge in [-0.05, 0) is 36.8 Å². The monoisotopic (exact) mass is 317 g/mol. The molecule has 1 N–H and O–H groups in total. The first kappa shape index (κ1) is 14.4. The van der Waals surface area contributed by atoms with Gasteiger partial charge in [-0.1, -0.05) is 6.07 Å². The Morgan fingerprint density at radius 1 is 1.13 bits per heavy atom. The first-order chi connectivity index (χ1) is 11.1. The van der Waals surface area contributed by atoms with Crippen molar-refractivity contribution in [2.45, 2.75) is 12.8 Å². The normalized spacial score (nSPS) is 26.2. The topological polar surface area (TPSA) is 76.1 Å². The van der Waals surface area contributed by atoms with Gasteiger partial charge in [-0.15, -0.1) is 0 Å². The highest BCUT2D eigenvalue weighted by atomic mass is 16.6. The zero-order valence-electron chi connectivity index (χ0n) is 12.7. The molecule has 2 atom stereocenters. The van der Waals surface area contributed by atoms with Crippen LogP contribution in [0.1, 0.15) is 23.2 Å². The Labute approximate surface area is 134 Å². The summed E-state index contributed by atoms with van der Waals surface area (Å²) >= 11 is 0. The van der Waals surface area contributed by atoms with E-state index >= 15 is 0 Å². The van der Waals surface area contributed by atoms with Crippen molar-refractivity contribution >= 4 is 11.9 Å². The van der Waals surface area contributed by atoms with Gasteiger partial charge in [0.15, 0.2) is 11.5 Å². The predicted octanol–water partition coefficient (Wildman–Crippen LogP) is 1.64. The molecule has 1 aromatic carbocycles. The van der Waals surface area contributed by atoms with Crippen LogP contribution in [0.2, 0.25) is 0 Å². The van der Waals surface area contributed by atoms with Crippen LogP contribution in [0.5, 0.6) is 11.5 Å². The number of likely N-dealkylation sites (tertiary alicyclic amines) is 1. The molecule has 0 spiro atoms. The van der Waals surface area contributed by atoms with E-state index in [0.29, 0.717) is 42.7 Å². The number of nitrogens with zero attached hydrogens (tertiary/aromatic N) is 1. The van der Waals surface area contributed by atoms with Crippen LogP contribution in [0.4, 0.5) is 0 Å². The predicted molar refractivity (Wildman–Crippen MR) is 80.7 cm³/mol. The number of hydrogen-bond donors (Lipinski definition) is 1. The number of benzene rings is 1. The second kappa shape index (κ2) is 5.44. The molecule has 0 aromatic heterocycles. The molecule has 1 aromatic rings. The summed E-state index contributed by atoms with van der Waals surface area (Å²) in [6.07, 6.45) is 2.16. The molecule has 3 aliphatic rings. The Kier molecular flexibility index (Phi) is 3.39. The van der Waals surface area contributed by atoms with Crippen molar-refractivity contribution in [2.24, 2.45) is 17.8 Å². The van der Waals surface area contributed by atoms with Crippen molar-refractivity contribution in [3.63, 3.8) is 0 Å². The molecule has 1 saturated carbocycles. The fourth-order valence-electron chi connectivity index (χ4n) is 3.67. The maximum Gasteiger partial charge on any atom is 0.308 e. The van der Waals surface area contributed by atoms with Gasteiger partial charge in [0.05, 0.1) is 11.5 Å². The van der Waals surface area contributed by atoms with Crippen LogP contribution in [-0.2, 0) is 4.79 Å². The molecule has 1 saturated heterocycles. The molecule has 2 fully saturated rings. The number of aliphatic carboxylic acids is 1. The van der Waals surface area contributed by atoms with Crippen LogP contribution in [0.3, 0.4) is 0 Å². The van der Waals surface area contributed by atoms with Gasteiger partial charge < -0.3 is 19.5 Å². The number of hydrogen-bond acceptors (Lipinski definition) is 4. The molecule has 0 bridgehead atoms. The summed E-state index contributed by atoms with van der Waals surface area (Å²) < 4.78 is 11.1. The lowest BCUT2D eigenvalue weighted by molar-refractivity contribution is -0.142. The minimum atomic E-state index is -0.799. The third-order valence-electron chi connectivity index (χ3n) is 4.99. The van der Waals surface area contributed by atoms with Gasteiger partial charge in [0.1, 0.15) is 13.2 Å². The van der Waals surface area contributed by atoms with E-state index in [4.69, 9.17) is 9.47 Å². The fourth-order valence-corrected chi connectivity index (χ4v) is 3.67. The summed E-state index contributed by atoms with van der Waals surface area (Å²) in [6, 6.07) is 5.27. The van der Waals surface area contributed by atoms with E-state index in [2.05, 4.69) is 0 Å². The largest absolute Gasteiger partial charge is 0.486 e. The van der Waals surface area contributed by atoms with E-state index in [-0.39, 0.29) is 18.4 Å². The van der Waals surface area contributed by atoms with Crippen molar-refractivity contribution in [2.75, 3.05) is 26.3 Å². The van der Waals surface area contributed by atoms with Gasteiger partial charge in [0.2, 0.25) is 0 Å². The number of carbonyl (C=O) groups is 2. The van der Waals surface area contributed by atoms with Crippen LogP contribution in [0.25, 0.3) is 0 Å². The Morgan fingerprint density at radius 3 is 2.65 bits per heavy atom. The summed E-state index contributed by atoms with van der Waals surface area (Å²) in [5.41, 5.74) is 0.461. The van der Waals surface area contributed by atoms with Crippen LogP contribution < -0.4 is 9.47 Å². The third kappa shape index (κ3) is 2.52. The van der Waals surface area contributed by atoms with Crippen molar-refractivity contribution < 1.29 is 24.2 Å². The number of ether oxygens (including phenoxy) is 2. The summed E-state index contributed by atoms with van der Waals surface area (Å²) in [7, 11) is 0. The third-order valence-corrected chi connectivity index (χ3v) is 4.99. The minimum Gasteiger partial charge on any atom is -0.486 e. The molecule has 23 heavy (non-hydrogen) atoms. The molecule has 2 heterocycles. The summed E-state index contributed by atoms with van der Waals surface area (Å²) in [4.78, 5) is 26.0. The lowest BCUT2D eigenvalue weighted by Crippen LogP contribution is -2.31. The lowest BCUT2D eigenvalue weighted by Gasteiger charge is -2.23. The zero-order valence-corrected chi connectivity index (χ0v) is 12.7. The van der Waals surface area contributed by atoms with E-state index in [0.717, 1.165) is 12.8 Å². The quantitative estimate of drug-likeness (QED) is 0.917. The molecule has 0 radical (unpaired) electrons. The number of rotatable bonds is 3. The van der Waals surface area contributed by atoms with Gasteiger partial charge in [-0.25, -0.2) is 0 Å².